The van der Waals surface area contributed by atoms with Gasteiger partial charge in [-0.3, -0.25) is 4.79 Å². The molecule has 0 radical (unpaired) electrons. The number of H-pyrrole nitrogens is 1. The fourth-order valence-corrected chi connectivity index (χ4v) is 5.72. The van der Waals surface area contributed by atoms with Crippen LogP contribution in [0.2, 0.25) is 5.15 Å². The van der Waals surface area contributed by atoms with E-state index in [9.17, 15) is 4.79 Å². The highest BCUT2D eigenvalue weighted by atomic mass is 35.5. The van der Waals surface area contributed by atoms with Crippen LogP contribution in [0.1, 0.15) is 67.3 Å². The minimum atomic E-state index is -0.627. The molecule has 0 bridgehead atoms. The highest BCUT2D eigenvalue weighted by Crippen LogP contribution is 2.53. The molecule has 1 fully saturated rings. The van der Waals surface area contributed by atoms with Crippen LogP contribution < -0.4 is 4.74 Å². The van der Waals surface area contributed by atoms with Gasteiger partial charge in [0.15, 0.2) is 11.6 Å². The zero-order chi connectivity index (χ0) is 26.1. The molecule has 1 aliphatic heterocycles. The van der Waals surface area contributed by atoms with Crippen molar-refractivity contribution >= 4 is 39.1 Å². The van der Waals surface area contributed by atoms with E-state index in [0.29, 0.717) is 40.0 Å². The molecule has 4 heterocycles. The van der Waals surface area contributed by atoms with E-state index in [2.05, 4.69) is 31.8 Å². The number of fused-ring (bicyclic) bond motifs is 4. The predicted molar refractivity (Wildman–Crippen MR) is 141 cm³/mol. The number of carbonyl (C=O) groups is 1. The molecule has 192 valence electrons. The van der Waals surface area contributed by atoms with Crippen molar-refractivity contribution in [1.82, 2.24) is 24.8 Å². The molecule has 1 aliphatic carbocycles. The van der Waals surface area contributed by atoms with Gasteiger partial charge in [0.25, 0.3) is 5.88 Å². The topological polar surface area (TPSA) is 84.0 Å². The van der Waals surface area contributed by atoms with Gasteiger partial charge in [0, 0.05) is 70.0 Å². The van der Waals surface area contributed by atoms with Crippen LogP contribution in [0.15, 0.2) is 18.3 Å². The summed E-state index contributed by atoms with van der Waals surface area (Å²) in [6.07, 6.45) is 5.21. The van der Waals surface area contributed by atoms with E-state index in [1.165, 1.54) is 0 Å². The minimum absolute atomic E-state index is 0.0306. The van der Waals surface area contributed by atoms with Gasteiger partial charge < -0.3 is 14.6 Å². The Morgan fingerprint density at radius 2 is 2.08 bits per heavy atom. The lowest BCUT2D eigenvalue weighted by atomic mass is 9.89. The van der Waals surface area contributed by atoms with Crippen LogP contribution >= 0.6 is 11.6 Å². The summed E-state index contributed by atoms with van der Waals surface area (Å²) in [6.45, 7) is 7.43. The highest BCUT2D eigenvalue weighted by Gasteiger charge is 2.46. The van der Waals surface area contributed by atoms with Crippen molar-refractivity contribution < 1.29 is 13.9 Å². The molecule has 0 unspecified atom stereocenters. The van der Waals surface area contributed by atoms with Gasteiger partial charge in [-0.05, 0) is 26.3 Å². The Morgan fingerprint density at radius 3 is 2.78 bits per heavy atom. The molecular weight excluding hydrogens is 493 g/mol. The first-order valence-corrected chi connectivity index (χ1v) is 13.2. The highest BCUT2D eigenvalue weighted by molar-refractivity contribution is 6.30. The second kappa shape index (κ2) is 8.74. The summed E-state index contributed by atoms with van der Waals surface area (Å²) in [5, 5.41) is 1.98. The first-order valence-electron chi connectivity index (χ1n) is 12.8. The van der Waals surface area contributed by atoms with Gasteiger partial charge in [-0.15, -0.1) is 0 Å². The summed E-state index contributed by atoms with van der Waals surface area (Å²) in [5.41, 5.74) is 3.80. The van der Waals surface area contributed by atoms with Gasteiger partial charge in [0.05, 0.1) is 11.2 Å². The van der Waals surface area contributed by atoms with Crippen LogP contribution in [-0.4, -0.2) is 44.2 Å². The molecule has 9 heteroatoms. The second-order valence-electron chi connectivity index (χ2n) is 10.7. The zero-order valence-electron chi connectivity index (χ0n) is 21.4. The van der Waals surface area contributed by atoms with Crippen molar-refractivity contribution in [2.24, 2.45) is 5.92 Å². The number of pyridine rings is 1. The van der Waals surface area contributed by atoms with Crippen molar-refractivity contribution in [3.05, 3.63) is 51.8 Å². The number of halogens is 2. The lowest BCUT2D eigenvalue weighted by molar-refractivity contribution is 0.0939. The molecule has 1 aromatic carbocycles. The number of benzene rings is 1. The second-order valence-corrected chi connectivity index (χ2v) is 11.0. The number of hydrogen-bond donors (Lipinski definition) is 1. The third kappa shape index (κ3) is 3.89. The number of rotatable bonds is 6. The number of hydrogen-bond acceptors (Lipinski definition) is 6. The fraction of sp³-hybridized carbons (Fsp3) is 0.429. The van der Waals surface area contributed by atoms with E-state index in [4.69, 9.17) is 16.3 Å². The molecule has 2 aliphatic rings. The van der Waals surface area contributed by atoms with Crippen molar-refractivity contribution in [1.29, 1.82) is 0 Å². The summed E-state index contributed by atoms with van der Waals surface area (Å²) in [5.74, 6) is -0.964. The maximum atomic E-state index is 16.1. The van der Waals surface area contributed by atoms with Crippen LogP contribution in [0, 0.1) is 11.7 Å². The Bertz CT molecular complexity index is 1580. The number of aromatic amines is 1. The van der Waals surface area contributed by atoms with E-state index in [-0.39, 0.29) is 29.0 Å². The largest absolute Gasteiger partial charge is 0.402 e. The normalized spacial score (nSPS) is 16.9. The smallest absolute Gasteiger partial charge is 0.325 e. The number of ether oxygens (including phenoxy) is 1. The Balaban J connectivity index is 1.50. The van der Waals surface area contributed by atoms with Gasteiger partial charge in [-0.25, -0.2) is 9.37 Å². The standard InChI is InChI=1S/C28H29ClFN5O2/c1-5-28(9-10-28)24-20(23(36)14(2)3)16-7-6-15-12-31-26(21(30)19(15)22(16)33-24)37-27-32-18-8-11-35(4)13-17(18)25(29)34-27/h6-7,12,14,33H,5,8-11,13H2,1-4H3. The summed E-state index contributed by atoms with van der Waals surface area (Å²) in [6, 6.07) is 3.67. The molecule has 0 saturated heterocycles. The van der Waals surface area contributed by atoms with E-state index in [1.54, 1.807) is 12.3 Å². The predicted octanol–water partition coefficient (Wildman–Crippen LogP) is 6.36. The molecular formula is C28H29ClFN5O2. The molecule has 6 rings (SSSR count). The summed E-state index contributed by atoms with van der Waals surface area (Å²) < 4.78 is 21.9. The third-order valence-electron chi connectivity index (χ3n) is 7.93. The molecule has 0 amide bonds. The first kappa shape index (κ1) is 24.2. The number of carbonyl (C=O) groups excluding carboxylic acids is 1. The molecule has 7 nitrogen and oxygen atoms in total. The lowest BCUT2D eigenvalue weighted by Crippen LogP contribution is -2.28. The summed E-state index contributed by atoms with van der Waals surface area (Å²) in [7, 11) is 2.01. The molecule has 37 heavy (non-hydrogen) atoms. The maximum Gasteiger partial charge on any atom is 0.325 e. The Morgan fingerprint density at radius 1 is 1.30 bits per heavy atom. The summed E-state index contributed by atoms with van der Waals surface area (Å²) in [4.78, 5) is 31.9. The van der Waals surface area contributed by atoms with Gasteiger partial charge in [-0.2, -0.15) is 9.97 Å². The van der Waals surface area contributed by atoms with E-state index in [0.717, 1.165) is 48.1 Å². The lowest BCUT2D eigenvalue weighted by Gasteiger charge is -2.24. The fourth-order valence-electron chi connectivity index (χ4n) is 5.48. The molecule has 0 spiro atoms. The monoisotopic (exact) mass is 521 g/mol. The SMILES string of the molecule is CCC1(c2[nH]c3c(ccc4cnc(Oc5nc(Cl)c6c(n5)CCN(C)C6)c(F)c43)c2C(=O)C(C)C)CC1. The Labute approximate surface area is 219 Å². The molecule has 0 atom stereocenters. The third-order valence-corrected chi connectivity index (χ3v) is 8.25. The summed E-state index contributed by atoms with van der Waals surface area (Å²) >= 11 is 6.42. The van der Waals surface area contributed by atoms with Crippen molar-refractivity contribution in [2.45, 2.75) is 58.4 Å². The maximum absolute atomic E-state index is 16.1. The molecule has 1 saturated carbocycles. The molecule has 1 N–H and O–H groups in total. The van der Waals surface area contributed by atoms with Gasteiger partial charge in [0.1, 0.15) is 5.15 Å². The van der Waals surface area contributed by atoms with E-state index < -0.39 is 5.82 Å². The van der Waals surface area contributed by atoms with E-state index >= 15 is 4.39 Å². The zero-order valence-corrected chi connectivity index (χ0v) is 22.2. The quantitative estimate of drug-likeness (QED) is 0.235. The van der Waals surface area contributed by atoms with Crippen molar-refractivity contribution in [2.75, 3.05) is 13.6 Å². The van der Waals surface area contributed by atoms with Gasteiger partial charge >= 0.3 is 6.01 Å². The van der Waals surface area contributed by atoms with Crippen molar-refractivity contribution in [3.8, 4) is 11.9 Å². The number of nitrogens with one attached hydrogen (secondary N) is 1. The number of likely N-dealkylation sites (N-methyl/N-ethyl adjacent to an activating group) is 1. The van der Waals surface area contributed by atoms with Crippen LogP contribution in [0.3, 0.4) is 0 Å². The minimum Gasteiger partial charge on any atom is -0.402 e. The molecule has 4 aromatic rings. The van der Waals surface area contributed by atoms with Gasteiger partial charge in [0.2, 0.25) is 0 Å². The average Bonchev–Trinajstić information content (AvgIpc) is 3.58. The van der Waals surface area contributed by atoms with E-state index in [1.807, 2.05) is 27.0 Å². The first-order chi connectivity index (χ1) is 17.7. The van der Waals surface area contributed by atoms with Crippen molar-refractivity contribution in [3.63, 3.8) is 0 Å². The molecule has 3 aromatic heterocycles. The van der Waals surface area contributed by atoms with Crippen LogP contribution in [-0.2, 0) is 18.4 Å². The number of aromatic nitrogens is 4. The number of Topliss-reactive ketones (excluding diaryl/α,β-unsaturated/α-hetero) is 1. The van der Waals surface area contributed by atoms with Crippen LogP contribution in [0.4, 0.5) is 4.39 Å². The number of ketones is 1. The Hall–Kier alpha value is -3.10. The Kier molecular flexibility index (Phi) is 5.73. The van der Waals surface area contributed by atoms with Crippen LogP contribution in [0.5, 0.6) is 11.9 Å². The van der Waals surface area contributed by atoms with Crippen LogP contribution in [0.25, 0.3) is 21.7 Å². The average molecular weight is 522 g/mol. The number of nitrogens with zero attached hydrogens (tertiary/aromatic N) is 4. The van der Waals surface area contributed by atoms with Gasteiger partial charge in [-0.1, -0.05) is 44.5 Å².